The number of nitrogen functional groups attached to an aromatic ring is 1. The highest BCUT2D eigenvalue weighted by Crippen LogP contribution is 2.26. The van der Waals surface area contributed by atoms with Crippen molar-refractivity contribution >= 4 is 18.0 Å². The lowest BCUT2D eigenvalue weighted by atomic mass is 10.1. The summed E-state index contributed by atoms with van der Waals surface area (Å²) in [7, 11) is 1.85. The molecular weight excluding hydrogens is 284 g/mol. The van der Waals surface area contributed by atoms with Crippen molar-refractivity contribution in [2.75, 3.05) is 5.73 Å². The highest BCUT2D eigenvalue weighted by atomic mass is 15.0. The van der Waals surface area contributed by atoms with Crippen molar-refractivity contribution in [1.29, 1.82) is 5.26 Å². The van der Waals surface area contributed by atoms with Crippen molar-refractivity contribution in [1.82, 2.24) is 9.55 Å². The van der Waals surface area contributed by atoms with Gasteiger partial charge in [0.25, 0.3) is 0 Å². The minimum atomic E-state index is 0.473. The van der Waals surface area contributed by atoms with Crippen LogP contribution < -0.4 is 5.73 Å². The summed E-state index contributed by atoms with van der Waals surface area (Å²) in [4.78, 5) is 4.37. The number of nitriles is 1. The SMILES string of the molecule is Cn1c(-c2ccnc(/C=C/c3ccccc3)c2)cc(C#N)c1N. The molecule has 3 rings (SSSR count). The molecule has 1 aromatic carbocycles. The third kappa shape index (κ3) is 2.99. The van der Waals surface area contributed by atoms with Gasteiger partial charge in [0.05, 0.1) is 17.0 Å². The average molecular weight is 300 g/mol. The van der Waals surface area contributed by atoms with Gasteiger partial charge in [0.2, 0.25) is 0 Å². The minimum Gasteiger partial charge on any atom is -0.384 e. The van der Waals surface area contributed by atoms with Crippen LogP contribution >= 0.6 is 0 Å². The molecular formula is C19H16N4. The topological polar surface area (TPSA) is 67.6 Å². The van der Waals surface area contributed by atoms with Crippen LogP contribution in [0.4, 0.5) is 5.82 Å². The first kappa shape index (κ1) is 14.6. The molecule has 4 nitrogen and oxygen atoms in total. The summed E-state index contributed by atoms with van der Waals surface area (Å²) in [5.74, 6) is 0.473. The highest BCUT2D eigenvalue weighted by molar-refractivity contribution is 5.73. The van der Waals surface area contributed by atoms with E-state index in [0.717, 1.165) is 22.5 Å². The van der Waals surface area contributed by atoms with Gasteiger partial charge in [-0.3, -0.25) is 4.98 Å². The van der Waals surface area contributed by atoms with Crippen molar-refractivity contribution in [2.45, 2.75) is 0 Å². The Hall–Kier alpha value is -3.32. The summed E-state index contributed by atoms with van der Waals surface area (Å²) in [6, 6.07) is 17.9. The molecule has 2 N–H and O–H groups in total. The van der Waals surface area contributed by atoms with E-state index >= 15 is 0 Å². The van der Waals surface area contributed by atoms with Crippen LogP contribution in [0, 0.1) is 11.3 Å². The van der Waals surface area contributed by atoms with E-state index < -0.39 is 0 Å². The van der Waals surface area contributed by atoms with E-state index in [9.17, 15) is 0 Å². The highest BCUT2D eigenvalue weighted by Gasteiger charge is 2.11. The smallest absolute Gasteiger partial charge is 0.121 e. The van der Waals surface area contributed by atoms with Gasteiger partial charge in [0.15, 0.2) is 0 Å². The maximum absolute atomic E-state index is 9.10. The summed E-state index contributed by atoms with van der Waals surface area (Å²) >= 11 is 0. The van der Waals surface area contributed by atoms with E-state index in [1.807, 2.05) is 66.2 Å². The number of nitrogens with zero attached hydrogens (tertiary/aromatic N) is 3. The van der Waals surface area contributed by atoms with E-state index in [0.29, 0.717) is 11.4 Å². The molecule has 0 saturated heterocycles. The quantitative estimate of drug-likeness (QED) is 0.801. The van der Waals surface area contributed by atoms with Crippen molar-refractivity contribution in [3.63, 3.8) is 0 Å². The molecule has 0 aliphatic rings. The van der Waals surface area contributed by atoms with E-state index in [4.69, 9.17) is 11.0 Å². The minimum absolute atomic E-state index is 0.473. The van der Waals surface area contributed by atoms with Gasteiger partial charge in [-0.05, 0) is 29.8 Å². The number of benzene rings is 1. The van der Waals surface area contributed by atoms with Gasteiger partial charge in [-0.2, -0.15) is 5.26 Å². The van der Waals surface area contributed by atoms with Crippen molar-refractivity contribution in [2.24, 2.45) is 7.05 Å². The number of hydrogen-bond donors (Lipinski definition) is 1. The lowest BCUT2D eigenvalue weighted by molar-refractivity contribution is 0.948. The number of pyridine rings is 1. The number of aromatic nitrogens is 2. The molecule has 2 aromatic heterocycles. The number of nitrogens with two attached hydrogens (primary N) is 1. The molecule has 0 aliphatic heterocycles. The molecule has 0 amide bonds. The fourth-order valence-electron chi connectivity index (χ4n) is 2.43. The molecule has 0 aliphatic carbocycles. The maximum atomic E-state index is 9.10. The van der Waals surface area contributed by atoms with Crippen LogP contribution in [0.25, 0.3) is 23.4 Å². The fourth-order valence-corrected chi connectivity index (χ4v) is 2.43. The van der Waals surface area contributed by atoms with E-state index in [2.05, 4.69) is 11.1 Å². The zero-order chi connectivity index (χ0) is 16.2. The Kier molecular flexibility index (Phi) is 3.94. The van der Waals surface area contributed by atoms with Gasteiger partial charge in [0, 0.05) is 18.8 Å². The van der Waals surface area contributed by atoms with E-state index in [1.54, 1.807) is 12.3 Å². The second-order valence-electron chi connectivity index (χ2n) is 5.21. The summed E-state index contributed by atoms with van der Waals surface area (Å²) in [6.07, 6.45) is 5.75. The number of anilines is 1. The van der Waals surface area contributed by atoms with E-state index in [1.165, 1.54) is 0 Å². The molecule has 0 atom stereocenters. The third-order valence-corrected chi connectivity index (χ3v) is 3.72. The first-order valence-corrected chi connectivity index (χ1v) is 7.24. The zero-order valence-electron chi connectivity index (χ0n) is 12.8. The van der Waals surface area contributed by atoms with Crippen LogP contribution in [0.3, 0.4) is 0 Å². The van der Waals surface area contributed by atoms with Crippen LogP contribution in [-0.2, 0) is 7.05 Å². The third-order valence-electron chi connectivity index (χ3n) is 3.72. The Morgan fingerprint density at radius 1 is 1.13 bits per heavy atom. The lowest BCUT2D eigenvalue weighted by Gasteiger charge is -2.05. The fraction of sp³-hybridized carbons (Fsp3) is 0.0526. The van der Waals surface area contributed by atoms with E-state index in [-0.39, 0.29) is 0 Å². The molecule has 3 aromatic rings. The molecule has 0 radical (unpaired) electrons. The Morgan fingerprint density at radius 2 is 1.91 bits per heavy atom. The van der Waals surface area contributed by atoms with Crippen LogP contribution in [0.1, 0.15) is 16.8 Å². The summed E-state index contributed by atoms with van der Waals surface area (Å²) in [5, 5.41) is 9.10. The molecule has 0 spiro atoms. The van der Waals surface area contributed by atoms with Crippen LogP contribution in [0.5, 0.6) is 0 Å². The Balaban J connectivity index is 1.95. The summed E-state index contributed by atoms with van der Waals surface area (Å²) in [5.41, 5.74) is 10.3. The largest absolute Gasteiger partial charge is 0.384 e. The van der Waals surface area contributed by atoms with Crippen LogP contribution in [-0.4, -0.2) is 9.55 Å². The van der Waals surface area contributed by atoms with Crippen LogP contribution in [0.15, 0.2) is 54.7 Å². The maximum Gasteiger partial charge on any atom is 0.121 e. The van der Waals surface area contributed by atoms with Gasteiger partial charge < -0.3 is 10.3 Å². The second-order valence-corrected chi connectivity index (χ2v) is 5.21. The normalized spacial score (nSPS) is 10.8. The Bertz CT molecular complexity index is 899. The molecule has 4 heteroatoms. The second kappa shape index (κ2) is 6.20. The molecule has 0 saturated carbocycles. The van der Waals surface area contributed by atoms with Gasteiger partial charge >= 0.3 is 0 Å². The van der Waals surface area contributed by atoms with Gasteiger partial charge in [-0.1, -0.05) is 36.4 Å². The summed E-state index contributed by atoms with van der Waals surface area (Å²) < 4.78 is 1.82. The number of rotatable bonds is 3. The lowest BCUT2D eigenvalue weighted by Crippen LogP contribution is -1.99. The zero-order valence-corrected chi connectivity index (χ0v) is 12.8. The predicted molar refractivity (Wildman–Crippen MR) is 93.1 cm³/mol. The van der Waals surface area contributed by atoms with Crippen molar-refractivity contribution in [3.8, 4) is 17.3 Å². The van der Waals surface area contributed by atoms with Gasteiger partial charge in [-0.15, -0.1) is 0 Å². The van der Waals surface area contributed by atoms with Gasteiger partial charge in [0.1, 0.15) is 11.9 Å². The van der Waals surface area contributed by atoms with Crippen molar-refractivity contribution in [3.05, 3.63) is 71.5 Å². The monoisotopic (exact) mass is 300 g/mol. The average Bonchev–Trinajstić information content (AvgIpc) is 2.89. The van der Waals surface area contributed by atoms with Crippen molar-refractivity contribution < 1.29 is 0 Å². The standard InChI is InChI=1S/C19H16N4/c1-23-18(12-16(13-20)19(23)21)15-9-10-22-17(11-15)8-7-14-5-3-2-4-6-14/h2-12H,21H2,1H3/b8-7+. The number of hydrogen-bond acceptors (Lipinski definition) is 3. The summed E-state index contributed by atoms with van der Waals surface area (Å²) in [6.45, 7) is 0. The molecule has 0 bridgehead atoms. The van der Waals surface area contributed by atoms with Gasteiger partial charge in [-0.25, -0.2) is 0 Å². The molecule has 0 fully saturated rings. The molecule has 2 heterocycles. The Labute approximate surface area is 135 Å². The first-order chi connectivity index (χ1) is 11.2. The molecule has 23 heavy (non-hydrogen) atoms. The first-order valence-electron chi connectivity index (χ1n) is 7.24. The van der Waals surface area contributed by atoms with Crippen LogP contribution in [0.2, 0.25) is 0 Å². The predicted octanol–water partition coefficient (Wildman–Crippen LogP) is 3.71. The molecule has 0 unspecified atom stereocenters. The molecule has 112 valence electrons. The Morgan fingerprint density at radius 3 is 2.61 bits per heavy atom.